The Morgan fingerprint density at radius 1 is 1.24 bits per heavy atom. The van der Waals surface area contributed by atoms with Crippen LogP contribution in [0.1, 0.15) is 24.8 Å². The Balaban J connectivity index is 2.02. The molecule has 2 heteroatoms. The lowest BCUT2D eigenvalue weighted by atomic mass is 9.95. The van der Waals surface area contributed by atoms with Crippen molar-refractivity contribution in [2.24, 2.45) is 11.7 Å². The maximum absolute atomic E-state index is 5.86. The average Bonchev–Trinajstić information content (AvgIpc) is 2.62. The minimum atomic E-state index is 0.433. The van der Waals surface area contributed by atoms with E-state index in [4.69, 9.17) is 5.73 Å². The normalized spacial score (nSPS) is 25.9. The number of rotatable bonds is 3. The minimum Gasteiger partial charge on any atom is -0.330 e. The van der Waals surface area contributed by atoms with Crippen LogP contribution < -0.4 is 11.1 Å². The van der Waals surface area contributed by atoms with Gasteiger partial charge < -0.3 is 11.1 Å². The van der Waals surface area contributed by atoms with Crippen molar-refractivity contribution in [2.75, 3.05) is 13.1 Å². The predicted molar refractivity (Wildman–Crippen MR) is 73.7 cm³/mol. The highest BCUT2D eigenvalue weighted by atomic mass is 14.9. The molecule has 1 heterocycles. The fourth-order valence-corrected chi connectivity index (χ4v) is 2.42. The molecule has 1 saturated heterocycles. The first-order valence-electron chi connectivity index (χ1n) is 6.57. The van der Waals surface area contributed by atoms with E-state index in [-0.39, 0.29) is 0 Å². The molecule has 0 aliphatic carbocycles. The van der Waals surface area contributed by atoms with Gasteiger partial charge in [-0.3, -0.25) is 0 Å². The molecule has 2 atom stereocenters. The van der Waals surface area contributed by atoms with E-state index in [2.05, 4.69) is 41.7 Å². The molecule has 3 N–H and O–H groups in total. The molecule has 1 aromatic rings. The number of nitrogens with one attached hydrogen (secondary N) is 1. The summed E-state index contributed by atoms with van der Waals surface area (Å²) in [5, 5.41) is 3.59. The van der Waals surface area contributed by atoms with Crippen LogP contribution in [0.5, 0.6) is 0 Å². The largest absolute Gasteiger partial charge is 0.330 e. The lowest BCUT2D eigenvalue weighted by Crippen LogP contribution is -2.36. The topological polar surface area (TPSA) is 38.0 Å². The Hall–Kier alpha value is -1.12. The molecule has 1 fully saturated rings. The fraction of sp³-hybridized carbons (Fsp3) is 0.467. The zero-order valence-corrected chi connectivity index (χ0v) is 10.3. The van der Waals surface area contributed by atoms with Crippen molar-refractivity contribution < 1.29 is 0 Å². The number of hydrogen-bond acceptors (Lipinski definition) is 2. The Kier molecular flexibility index (Phi) is 4.77. The van der Waals surface area contributed by atoms with Gasteiger partial charge in [0.2, 0.25) is 0 Å². The summed E-state index contributed by atoms with van der Waals surface area (Å²) in [6.45, 7) is 1.89. The average molecular weight is 230 g/mol. The third kappa shape index (κ3) is 3.69. The smallest absolute Gasteiger partial charge is 0.0293 e. The second-order valence-electron chi connectivity index (χ2n) is 4.74. The van der Waals surface area contributed by atoms with Crippen molar-refractivity contribution in [1.82, 2.24) is 5.32 Å². The molecule has 0 saturated carbocycles. The molecule has 92 valence electrons. The van der Waals surface area contributed by atoms with Crippen LogP contribution in [-0.2, 0) is 0 Å². The number of nitrogens with two attached hydrogens (primary N) is 1. The van der Waals surface area contributed by atoms with Crippen molar-refractivity contribution in [2.45, 2.75) is 25.3 Å². The molecule has 2 nitrogen and oxygen atoms in total. The summed E-state index contributed by atoms with van der Waals surface area (Å²) in [5.74, 6) is 0.581. The van der Waals surface area contributed by atoms with Gasteiger partial charge >= 0.3 is 0 Å². The second kappa shape index (κ2) is 6.58. The molecule has 0 spiro atoms. The molecule has 1 aliphatic heterocycles. The van der Waals surface area contributed by atoms with Crippen LogP contribution in [0.25, 0.3) is 6.08 Å². The Morgan fingerprint density at radius 2 is 2.06 bits per heavy atom. The van der Waals surface area contributed by atoms with Crippen LogP contribution in [0.2, 0.25) is 0 Å². The van der Waals surface area contributed by atoms with Gasteiger partial charge in [-0.15, -0.1) is 0 Å². The molecule has 0 amide bonds. The first-order chi connectivity index (χ1) is 8.40. The van der Waals surface area contributed by atoms with Gasteiger partial charge in [0.1, 0.15) is 0 Å². The Morgan fingerprint density at radius 3 is 2.82 bits per heavy atom. The molecule has 1 aliphatic rings. The maximum Gasteiger partial charge on any atom is 0.0293 e. The van der Waals surface area contributed by atoms with Gasteiger partial charge in [0.25, 0.3) is 0 Å². The van der Waals surface area contributed by atoms with Crippen molar-refractivity contribution in [3.63, 3.8) is 0 Å². The van der Waals surface area contributed by atoms with Crippen LogP contribution >= 0.6 is 0 Å². The highest BCUT2D eigenvalue weighted by molar-refractivity contribution is 5.49. The summed E-state index contributed by atoms with van der Waals surface area (Å²) < 4.78 is 0. The molecule has 1 aromatic carbocycles. The van der Waals surface area contributed by atoms with Gasteiger partial charge in [-0.1, -0.05) is 48.9 Å². The molecular formula is C15H22N2. The van der Waals surface area contributed by atoms with Crippen molar-refractivity contribution in [1.29, 1.82) is 0 Å². The molecule has 2 rings (SSSR count). The van der Waals surface area contributed by atoms with E-state index in [0.717, 1.165) is 13.1 Å². The van der Waals surface area contributed by atoms with Crippen molar-refractivity contribution in [3.8, 4) is 0 Å². The van der Waals surface area contributed by atoms with E-state index in [1.54, 1.807) is 0 Å². The molecule has 17 heavy (non-hydrogen) atoms. The summed E-state index contributed by atoms with van der Waals surface area (Å²) in [5.41, 5.74) is 7.12. The number of benzene rings is 1. The SMILES string of the molecule is NCC1CCCCNC1/C=C/c1ccccc1. The predicted octanol–water partition coefficient (Wildman–Crippen LogP) is 2.42. The first kappa shape index (κ1) is 12.3. The van der Waals surface area contributed by atoms with Gasteiger partial charge in [-0.25, -0.2) is 0 Å². The zero-order valence-electron chi connectivity index (χ0n) is 10.3. The highest BCUT2D eigenvalue weighted by Gasteiger charge is 2.19. The van der Waals surface area contributed by atoms with Crippen LogP contribution in [0, 0.1) is 5.92 Å². The third-order valence-corrected chi connectivity index (χ3v) is 3.49. The van der Waals surface area contributed by atoms with Gasteiger partial charge in [0.15, 0.2) is 0 Å². The summed E-state index contributed by atoms with van der Waals surface area (Å²) in [6.07, 6.45) is 8.29. The molecule has 2 unspecified atom stereocenters. The minimum absolute atomic E-state index is 0.433. The first-order valence-corrected chi connectivity index (χ1v) is 6.57. The lowest BCUT2D eigenvalue weighted by molar-refractivity contribution is 0.424. The standard InChI is InChI=1S/C15H22N2/c16-12-14-8-4-5-11-17-15(14)10-9-13-6-2-1-3-7-13/h1-3,6-7,9-10,14-15,17H,4-5,8,11-12,16H2/b10-9+. The molecule has 0 radical (unpaired) electrons. The lowest BCUT2D eigenvalue weighted by Gasteiger charge is -2.21. The van der Waals surface area contributed by atoms with E-state index in [1.807, 2.05) is 6.07 Å². The van der Waals surface area contributed by atoms with E-state index in [0.29, 0.717) is 12.0 Å². The maximum atomic E-state index is 5.86. The number of hydrogen-bond donors (Lipinski definition) is 2. The second-order valence-corrected chi connectivity index (χ2v) is 4.74. The van der Waals surface area contributed by atoms with Crippen molar-refractivity contribution >= 4 is 6.08 Å². The Labute approximate surface area is 104 Å². The van der Waals surface area contributed by atoms with Gasteiger partial charge in [-0.2, -0.15) is 0 Å². The molecule has 0 aromatic heterocycles. The van der Waals surface area contributed by atoms with Crippen LogP contribution in [0.4, 0.5) is 0 Å². The van der Waals surface area contributed by atoms with Gasteiger partial charge in [0.05, 0.1) is 0 Å². The summed E-state index contributed by atoms with van der Waals surface area (Å²) >= 11 is 0. The van der Waals surface area contributed by atoms with Gasteiger partial charge in [-0.05, 0) is 37.4 Å². The van der Waals surface area contributed by atoms with Crippen LogP contribution in [-0.4, -0.2) is 19.1 Å². The summed E-state index contributed by atoms with van der Waals surface area (Å²) in [4.78, 5) is 0. The fourth-order valence-electron chi connectivity index (χ4n) is 2.42. The highest BCUT2D eigenvalue weighted by Crippen LogP contribution is 2.17. The van der Waals surface area contributed by atoms with E-state index < -0.39 is 0 Å². The Bertz CT molecular complexity index is 345. The molecule has 0 bridgehead atoms. The monoisotopic (exact) mass is 230 g/mol. The van der Waals surface area contributed by atoms with Gasteiger partial charge in [0, 0.05) is 6.04 Å². The van der Waals surface area contributed by atoms with Crippen LogP contribution in [0.3, 0.4) is 0 Å². The summed E-state index contributed by atoms with van der Waals surface area (Å²) in [7, 11) is 0. The summed E-state index contributed by atoms with van der Waals surface area (Å²) in [6, 6.07) is 10.9. The van der Waals surface area contributed by atoms with Crippen molar-refractivity contribution in [3.05, 3.63) is 42.0 Å². The van der Waals surface area contributed by atoms with E-state index >= 15 is 0 Å². The van der Waals surface area contributed by atoms with Crippen LogP contribution in [0.15, 0.2) is 36.4 Å². The van der Waals surface area contributed by atoms with E-state index in [1.165, 1.54) is 24.8 Å². The molecular weight excluding hydrogens is 208 g/mol. The van der Waals surface area contributed by atoms with E-state index in [9.17, 15) is 0 Å². The zero-order chi connectivity index (χ0) is 11.9. The quantitative estimate of drug-likeness (QED) is 0.837. The third-order valence-electron chi connectivity index (χ3n) is 3.49.